The lowest BCUT2D eigenvalue weighted by atomic mass is 9.83. The predicted octanol–water partition coefficient (Wildman–Crippen LogP) is 1.66. The minimum absolute atomic E-state index is 0.109. The van der Waals surface area contributed by atoms with Crippen LogP contribution in [-0.2, 0) is 15.1 Å². The third-order valence-electron chi connectivity index (χ3n) is 3.62. The van der Waals surface area contributed by atoms with Crippen molar-refractivity contribution >= 4 is 11.7 Å². The first-order valence-electron chi connectivity index (χ1n) is 6.77. The van der Waals surface area contributed by atoms with E-state index in [0.29, 0.717) is 5.56 Å². The Morgan fingerprint density at radius 1 is 1.22 bits per heavy atom. The van der Waals surface area contributed by atoms with Crippen LogP contribution in [0.2, 0.25) is 0 Å². The summed E-state index contributed by atoms with van der Waals surface area (Å²) in [4.78, 5) is 22.3. The SMILES string of the molecule is COC(=O)[C@@](O)(c1ccccc1)[C@H](N)c1ccc([N+](=O)[O-])cc1. The van der Waals surface area contributed by atoms with Gasteiger partial charge in [0.05, 0.1) is 18.1 Å². The summed E-state index contributed by atoms with van der Waals surface area (Å²) in [5, 5.41) is 21.6. The molecule has 0 spiro atoms. The Balaban J connectivity index is 2.47. The maximum Gasteiger partial charge on any atom is 0.344 e. The Hall–Kier alpha value is -2.77. The Bertz CT molecular complexity index is 702. The normalized spacial score (nSPS) is 14.6. The molecule has 2 rings (SSSR count). The molecule has 0 aliphatic heterocycles. The third kappa shape index (κ3) is 3.05. The molecule has 0 aliphatic rings. The number of rotatable bonds is 5. The summed E-state index contributed by atoms with van der Waals surface area (Å²) >= 11 is 0. The molecule has 2 aromatic carbocycles. The zero-order chi connectivity index (χ0) is 17.0. The highest BCUT2D eigenvalue weighted by Crippen LogP contribution is 2.35. The van der Waals surface area contributed by atoms with Gasteiger partial charge in [0.15, 0.2) is 0 Å². The predicted molar refractivity (Wildman–Crippen MR) is 82.4 cm³/mol. The van der Waals surface area contributed by atoms with Crippen molar-refractivity contribution in [3.05, 3.63) is 75.8 Å². The van der Waals surface area contributed by atoms with E-state index in [-0.39, 0.29) is 11.3 Å². The highest BCUT2D eigenvalue weighted by atomic mass is 16.6. The van der Waals surface area contributed by atoms with E-state index in [1.165, 1.54) is 24.3 Å². The number of esters is 1. The van der Waals surface area contributed by atoms with Gasteiger partial charge < -0.3 is 15.6 Å². The first-order chi connectivity index (χ1) is 10.9. The van der Waals surface area contributed by atoms with Crippen molar-refractivity contribution in [1.29, 1.82) is 0 Å². The van der Waals surface area contributed by atoms with E-state index in [4.69, 9.17) is 10.5 Å². The standard InChI is InChI=1S/C16H16N2O5/c1-23-15(19)16(20,12-5-3-2-4-6-12)14(17)11-7-9-13(10-8-11)18(21)22/h2-10,14,20H,17H2,1H3/t14-,16-/m1/s1. The van der Waals surface area contributed by atoms with E-state index >= 15 is 0 Å². The molecule has 0 amide bonds. The van der Waals surface area contributed by atoms with E-state index in [1.54, 1.807) is 30.3 Å². The molecule has 0 fully saturated rings. The average molecular weight is 316 g/mol. The van der Waals surface area contributed by atoms with Crippen LogP contribution >= 0.6 is 0 Å². The van der Waals surface area contributed by atoms with Crippen LogP contribution in [0.3, 0.4) is 0 Å². The molecule has 0 aromatic heterocycles. The molecule has 0 saturated heterocycles. The van der Waals surface area contributed by atoms with Crippen LogP contribution in [0.4, 0.5) is 5.69 Å². The first kappa shape index (κ1) is 16.6. The largest absolute Gasteiger partial charge is 0.467 e. The molecule has 0 radical (unpaired) electrons. The van der Waals surface area contributed by atoms with E-state index in [9.17, 15) is 20.0 Å². The number of benzene rings is 2. The molecule has 7 heteroatoms. The number of non-ortho nitro benzene ring substituents is 1. The molecule has 0 bridgehead atoms. The minimum atomic E-state index is -2.11. The number of nitro groups is 1. The van der Waals surface area contributed by atoms with Gasteiger partial charge in [0.25, 0.3) is 5.69 Å². The number of nitro benzene ring substituents is 1. The van der Waals surface area contributed by atoms with Crippen molar-refractivity contribution in [3.63, 3.8) is 0 Å². The zero-order valence-electron chi connectivity index (χ0n) is 12.4. The highest BCUT2D eigenvalue weighted by Gasteiger charge is 2.46. The maximum absolute atomic E-state index is 12.2. The van der Waals surface area contributed by atoms with Crippen LogP contribution in [0.1, 0.15) is 17.2 Å². The molecule has 7 nitrogen and oxygen atoms in total. The van der Waals surface area contributed by atoms with Crippen LogP contribution < -0.4 is 5.73 Å². The van der Waals surface area contributed by atoms with Crippen molar-refractivity contribution in [2.24, 2.45) is 5.73 Å². The quantitative estimate of drug-likeness (QED) is 0.492. The lowest BCUT2D eigenvalue weighted by Gasteiger charge is -2.31. The van der Waals surface area contributed by atoms with Gasteiger partial charge in [-0.15, -0.1) is 0 Å². The Morgan fingerprint density at radius 2 is 1.78 bits per heavy atom. The number of nitrogens with two attached hydrogens (primary N) is 1. The van der Waals surface area contributed by atoms with Crippen molar-refractivity contribution in [2.75, 3.05) is 7.11 Å². The van der Waals surface area contributed by atoms with Crippen LogP contribution in [0, 0.1) is 10.1 Å². The summed E-state index contributed by atoms with van der Waals surface area (Å²) in [6, 6.07) is 12.3. The fraction of sp³-hybridized carbons (Fsp3) is 0.188. The minimum Gasteiger partial charge on any atom is -0.467 e. The number of hydrogen-bond donors (Lipinski definition) is 2. The van der Waals surface area contributed by atoms with E-state index in [2.05, 4.69) is 0 Å². The first-order valence-corrected chi connectivity index (χ1v) is 6.77. The van der Waals surface area contributed by atoms with Crippen molar-refractivity contribution < 1.29 is 19.6 Å². The van der Waals surface area contributed by atoms with Crippen LogP contribution in [0.15, 0.2) is 54.6 Å². The molecule has 0 saturated carbocycles. The number of aliphatic hydroxyl groups is 1. The van der Waals surface area contributed by atoms with Crippen LogP contribution in [0.5, 0.6) is 0 Å². The number of ether oxygens (including phenoxy) is 1. The molecular formula is C16H16N2O5. The fourth-order valence-electron chi connectivity index (χ4n) is 2.32. The zero-order valence-corrected chi connectivity index (χ0v) is 12.4. The Morgan fingerprint density at radius 3 is 2.26 bits per heavy atom. The highest BCUT2D eigenvalue weighted by molar-refractivity contribution is 5.82. The lowest BCUT2D eigenvalue weighted by molar-refractivity contribution is -0.384. The van der Waals surface area contributed by atoms with Gasteiger partial charge in [-0.25, -0.2) is 4.79 Å². The second kappa shape index (κ2) is 6.55. The summed E-state index contributed by atoms with van der Waals surface area (Å²) in [5.41, 5.74) is 4.52. The summed E-state index contributed by atoms with van der Waals surface area (Å²) < 4.78 is 4.70. The molecule has 2 aromatic rings. The molecule has 0 aliphatic carbocycles. The van der Waals surface area contributed by atoms with Gasteiger partial charge in [-0.1, -0.05) is 42.5 Å². The maximum atomic E-state index is 12.2. The van der Waals surface area contributed by atoms with Gasteiger partial charge >= 0.3 is 5.97 Å². The number of hydrogen-bond acceptors (Lipinski definition) is 6. The monoisotopic (exact) mass is 316 g/mol. The second-order valence-electron chi connectivity index (χ2n) is 4.95. The summed E-state index contributed by atoms with van der Waals surface area (Å²) in [7, 11) is 1.15. The lowest BCUT2D eigenvalue weighted by Crippen LogP contribution is -2.46. The molecular weight excluding hydrogens is 300 g/mol. The summed E-state index contributed by atoms with van der Waals surface area (Å²) in [6.07, 6.45) is 0. The molecule has 23 heavy (non-hydrogen) atoms. The summed E-state index contributed by atoms with van der Waals surface area (Å²) in [6.45, 7) is 0. The van der Waals surface area contributed by atoms with Crippen molar-refractivity contribution in [2.45, 2.75) is 11.6 Å². The number of carbonyl (C=O) groups excluding carboxylic acids is 1. The fourth-order valence-corrected chi connectivity index (χ4v) is 2.32. The van der Waals surface area contributed by atoms with Gasteiger partial charge in [0.2, 0.25) is 5.60 Å². The molecule has 0 unspecified atom stereocenters. The molecule has 0 heterocycles. The van der Waals surface area contributed by atoms with Crippen LogP contribution in [0.25, 0.3) is 0 Å². The van der Waals surface area contributed by atoms with Gasteiger partial charge in [0.1, 0.15) is 0 Å². The molecule has 120 valence electrons. The van der Waals surface area contributed by atoms with Gasteiger partial charge in [0, 0.05) is 12.1 Å². The van der Waals surface area contributed by atoms with E-state index in [0.717, 1.165) is 7.11 Å². The van der Waals surface area contributed by atoms with E-state index in [1.807, 2.05) is 0 Å². The molecule has 3 N–H and O–H groups in total. The number of carbonyl (C=O) groups is 1. The Labute approximate surface area is 132 Å². The smallest absolute Gasteiger partial charge is 0.344 e. The number of methoxy groups -OCH3 is 1. The summed E-state index contributed by atoms with van der Waals surface area (Å²) in [5.74, 6) is -0.908. The Kier molecular flexibility index (Phi) is 4.73. The molecule has 2 atom stereocenters. The van der Waals surface area contributed by atoms with Crippen molar-refractivity contribution in [3.8, 4) is 0 Å². The van der Waals surface area contributed by atoms with E-state index < -0.39 is 22.5 Å². The van der Waals surface area contributed by atoms with Gasteiger partial charge in [-0.2, -0.15) is 0 Å². The average Bonchev–Trinajstić information content (AvgIpc) is 2.60. The topological polar surface area (TPSA) is 116 Å². The second-order valence-corrected chi connectivity index (χ2v) is 4.95. The number of nitrogens with zero attached hydrogens (tertiary/aromatic N) is 1. The van der Waals surface area contributed by atoms with Crippen LogP contribution in [-0.4, -0.2) is 23.1 Å². The van der Waals surface area contributed by atoms with Gasteiger partial charge in [-0.3, -0.25) is 10.1 Å². The van der Waals surface area contributed by atoms with Crippen molar-refractivity contribution in [1.82, 2.24) is 0 Å². The third-order valence-corrected chi connectivity index (χ3v) is 3.62. The van der Waals surface area contributed by atoms with Gasteiger partial charge in [-0.05, 0) is 11.1 Å².